The first-order chi connectivity index (χ1) is 9.89. The number of sulfonamides is 1. The lowest BCUT2D eigenvalue weighted by atomic mass is 10.0. The molecule has 116 valence electrons. The van der Waals surface area contributed by atoms with Gasteiger partial charge in [-0.3, -0.25) is 4.79 Å². The molecule has 1 amide bonds. The zero-order valence-corrected chi connectivity index (χ0v) is 12.9. The van der Waals surface area contributed by atoms with E-state index in [2.05, 4.69) is 4.72 Å². The van der Waals surface area contributed by atoms with Crippen LogP contribution in [0.1, 0.15) is 28.8 Å². The third-order valence-corrected chi connectivity index (χ3v) is 4.36. The predicted octanol–water partition coefficient (Wildman–Crippen LogP) is 0.299. The fourth-order valence-electron chi connectivity index (χ4n) is 2.47. The van der Waals surface area contributed by atoms with Crippen LogP contribution in [0.4, 0.5) is 0 Å². The molecule has 0 aliphatic carbocycles. The van der Waals surface area contributed by atoms with E-state index in [0.29, 0.717) is 38.0 Å². The lowest BCUT2D eigenvalue weighted by Crippen LogP contribution is -2.46. The smallest absolute Gasteiger partial charge is 0.253 e. The van der Waals surface area contributed by atoms with Crippen LogP contribution in [0.2, 0.25) is 0 Å². The average molecular weight is 311 g/mol. The maximum Gasteiger partial charge on any atom is 0.253 e. The van der Waals surface area contributed by atoms with Gasteiger partial charge in [-0.25, -0.2) is 13.1 Å². The quantitative estimate of drug-likeness (QED) is 0.836. The summed E-state index contributed by atoms with van der Waals surface area (Å²) in [7, 11) is -3.19. The Kier molecular flexibility index (Phi) is 4.97. The van der Waals surface area contributed by atoms with Gasteiger partial charge >= 0.3 is 0 Å². The highest BCUT2D eigenvalue weighted by Gasteiger charge is 2.25. The number of piperidine rings is 1. The SMILES string of the molecule is CS(=O)(=O)NC1CCN(C(=O)c2ccc(CN)cc2)CC1. The van der Waals surface area contributed by atoms with Gasteiger partial charge in [0.15, 0.2) is 0 Å². The van der Waals surface area contributed by atoms with E-state index < -0.39 is 10.0 Å². The Balaban J connectivity index is 1.93. The van der Waals surface area contributed by atoms with Gasteiger partial charge < -0.3 is 10.6 Å². The van der Waals surface area contributed by atoms with Crippen LogP contribution < -0.4 is 10.5 Å². The molecular formula is C14H21N3O3S. The Morgan fingerprint density at radius 1 is 1.29 bits per heavy atom. The minimum Gasteiger partial charge on any atom is -0.339 e. The van der Waals surface area contributed by atoms with Gasteiger partial charge in [0.25, 0.3) is 5.91 Å². The van der Waals surface area contributed by atoms with Crippen molar-refractivity contribution in [3.8, 4) is 0 Å². The summed E-state index contributed by atoms with van der Waals surface area (Å²) in [5, 5.41) is 0. The number of amides is 1. The second-order valence-electron chi connectivity index (χ2n) is 5.36. The molecule has 0 bridgehead atoms. The second kappa shape index (κ2) is 6.55. The molecule has 1 fully saturated rings. The summed E-state index contributed by atoms with van der Waals surface area (Å²) in [4.78, 5) is 14.1. The number of nitrogens with two attached hydrogens (primary N) is 1. The number of hydrogen-bond donors (Lipinski definition) is 2. The van der Waals surface area contributed by atoms with Crippen molar-refractivity contribution in [3.63, 3.8) is 0 Å². The van der Waals surface area contributed by atoms with Crippen LogP contribution in [0, 0.1) is 0 Å². The molecular weight excluding hydrogens is 290 g/mol. The first-order valence-electron chi connectivity index (χ1n) is 6.94. The maximum atomic E-state index is 12.3. The Morgan fingerprint density at radius 2 is 1.86 bits per heavy atom. The van der Waals surface area contributed by atoms with Crippen LogP contribution in [0.3, 0.4) is 0 Å². The van der Waals surface area contributed by atoms with E-state index in [4.69, 9.17) is 5.73 Å². The van der Waals surface area contributed by atoms with Gasteiger partial charge in [-0.2, -0.15) is 0 Å². The van der Waals surface area contributed by atoms with Crippen molar-refractivity contribution < 1.29 is 13.2 Å². The minimum absolute atomic E-state index is 0.0172. The lowest BCUT2D eigenvalue weighted by Gasteiger charge is -2.32. The summed E-state index contributed by atoms with van der Waals surface area (Å²) in [5.74, 6) is -0.0172. The Bertz CT molecular complexity index is 590. The fraction of sp³-hybridized carbons (Fsp3) is 0.500. The first-order valence-corrected chi connectivity index (χ1v) is 8.84. The molecule has 7 heteroatoms. The second-order valence-corrected chi connectivity index (χ2v) is 7.14. The molecule has 0 saturated carbocycles. The van der Waals surface area contributed by atoms with Crippen LogP contribution in [0.5, 0.6) is 0 Å². The minimum atomic E-state index is -3.19. The zero-order valence-electron chi connectivity index (χ0n) is 12.1. The molecule has 1 aromatic carbocycles. The highest BCUT2D eigenvalue weighted by Crippen LogP contribution is 2.15. The van der Waals surface area contributed by atoms with Crippen LogP contribution >= 0.6 is 0 Å². The number of rotatable bonds is 4. The normalized spacial score (nSPS) is 17.0. The standard InChI is InChI=1S/C14H21N3O3S/c1-21(19,20)16-13-6-8-17(9-7-13)14(18)12-4-2-11(10-15)3-5-12/h2-5,13,16H,6-10,15H2,1H3. The molecule has 1 heterocycles. The van der Waals surface area contributed by atoms with Crippen LogP contribution in [-0.4, -0.2) is 44.6 Å². The van der Waals surface area contributed by atoms with Gasteiger partial charge in [-0.05, 0) is 30.5 Å². The van der Waals surface area contributed by atoms with Gasteiger partial charge in [-0.1, -0.05) is 12.1 Å². The number of likely N-dealkylation sites (tertiary alicyclic amines) is 1. The van der Waals surface area contributed by atoms with Gasteiger partial charge in [0, 0.05) is 31.2 Å². The molecule has 1 saturated heterocycles. The lowest BCUT2D eigenvalue weighted by molar-refractivity contribution is 0.0711. The van der Waals surface area contributed by atoms with Crippen molar-refractivity contribution in [2.75, 3.05) is 19.3 Å². The van der Waals surface area contributed by atoms with E-state index in [1.807, 2.05) is 12.1 Å². The van der Waals surface area contributed by atoms with E-state index in [1.165, 1.54) is 0 Å². The van der Waals surface area contributed by atoms with Gasteiger partial charge in [0.2, 0.25) is 10.0 Å². The Labute approximate surface area is 125 Å². The summed E-state index contributed by atoms with van der Waals surface area (Å²) in [6, 6.07) is 7.19. The van der Waals surface area contributed by atoms with Crippen LogP contribution in [0.25, 0.3) is 0 Å². The first kappa shape index (κ1) is 15.9. The van der Waals surface area contributed by atoms with E-state index in [0.717, 1.165) is 11.8 Å². The number of carbonyl (C=O) groups excluding carboxylic acids is 1. The highest BCUT2D eigenvalue weighted by molar-refractivity contribution is 7.88. The highest BCUT2D eigenvalue weighted by atomic mass is 32.2. The molecule has 1 aliphatic heterocycles. The van der Waals surface area contributed by atoms with Gasteiger partial charge in [0.05, 0.1) is 6.26 Å². The van der Waals surface area contributed by atoms with Crippen molar-refractivity contribution in [3.05, 3.63) is 35.4 Å². The molecule has 3 N–H and O–H groups in total. The molecule has 0 spiro atoms. The summed E-state index contributed by atoms with van der Waals surface area (Å²) < 4.78 is 25.0. The summed E-state index contributed by atoms with van der Waals surface area (Å²) in [6.07, 6.45) is 2.43. The molecule has 1 aromatic rings. The molecule has 2 rings (SSSR count). The van der Waals surface area contributed by atoms with Gasteiger partial charge in [0.1, 0.15) is 0 Å². The van der Waals surface area contributed by atoms with Crippen molar-refractivity contribution in [2.45, 2.75) is 25.4 Å². The summed E-state index contributed by atoms with van der Waals surface area (Å²) in [5.41, 5.74) is 7.16. The van der Waals surface area contributed by atoms with E-state index in [-0.39, 0.29) is 11.9 Å². The van der Waals surface area contributed by atoms with Crippen molar-refractivity contribution in [1.82, 2.24) is 9.62 Å². The van der Waals surface area contributed by atoms with E-state index in [1.54, 1.807) is 17.0 Å². The maximum absolute atomic E-state index is 12.3. The number of hydrogen-bond acceptors (Lipinski definition) is 4. The Morgan fingerprint density at radius 3 is 2.33 bits per heavy atom. The van der Waals surface area contributed by atoms with Crippen LogP contribution in [-0.2, 0) is 16.6 Å². The van der Waals surface area contributed by atoms with E-state index in [9.17, 15) is 13.2 Å². The van der Waals surface area contributed by atoms with Crippen LogP contribution in [0.15, 0.2) is 24.3 Å². The molecule has 0 unspecified atom stereocenters. The molecule has 0 aromatic heterocycles. The summed E-state index contributed by atoms with van der Waals surface area (Å²) in [6.45, 7) is 1.58. The molecule has 21 heavy (non-hydrogen) atoms. The summed E-state index contributed by atoms with van der Waals surface area (Å²) >= 11 is 0. The predicted molar refractivity (Wildman–Crippen MR) is 81.2 cm³/mol. The Hall–Kier alpha value is -1.44. The topological polar surface area (TPSA) is 92.5 Å². The third-order valence-electron chi connectivity index (χ3n) is 3.60. The monoisotopic (exact) mass is 311 g/mol. The molecule has 0 atom stereocenters. The number of nitrogens with one attached hydrogen (secondary N) is 1. The zero-order chi connectivity index (χ0) is 15.5. The van der Waals surface area contributed by atoms with Crippen molar-refractivity contribution >= 4 is 15.9 Å². The fourth-order valence-corrected chi connectivity index (χ4v) is 3.31. The third kappa shape index (κ3) is 4.52. The molecule has 6 nitrogen and oxygen atoms in total. The van der Waals surface area contributed by atoms with Crippen molar-refractivity contribution in [1.29, 1.82) is 0 Å². The molecule has 1 aliphatic rings. The number of benzene rings is 1. The van der Waals surface area contributed by atoms with Gasteiger partial charge in [-0.15, -0.1) is 0 Å². The van der Waals surface area contributed by atoms with Crippen molar-refractivity contribution in [2.24, 2.45) is 5.73 Å². The largest absolute Gasteiger partial charge is 0.339 e. The number of carbonyl (C=O) groups is 1. The average Bonchev–Trinajstić information content (AvgIpc) is 2.46. The van der Waals surface area contributed by atoms with E-state index >= 15 is 0 Å². The molecule has 0 radical (unpaired) electrons. The number of nitrogens with zero attached hydrogens (tertiary/aromatic N) is 1.